The maximum Gasteiger partial charge on any atom is 0.344 e. The van der Waals surface area contributed by atoms with Gasteiger partial charge in [-0.2, -0.15) is 0 Å². The number of para-hydroxylation sites is 1. The van der Waals surface area contributed by atoms with Gasteiger partial charge in [0.05, 0.1) is 11.4 Å². The highest BCUT2D eigenvalue weighted by Gasteiger charge is 2.12. The number of hydrogen-bond donors (Lipinski definition) is 2. The molecule has 8 heteroatoms. The summed E-state index contributed by atoms with van der Waals surface area (Å²) in [5.41, 5.74) is 7.58. The Bertz CT molecular complexity index is 869. The Kier molecular flexibility index (Phi) is 7.88. The molecule has 2 amide bonds. The number of rotatable bonds is 9. The standard InChI is InChI=1S/C20H22N2O5S/c1-13-7-8-14(2)16(9-13)26-11-20(25)27-10-19(24)22-15-5-3-4-6-17(15)28-12-18(21)23/h3-9H,10-12H2,1-2H3,(H2,21,23)(H,22,24). The molecule has 0 aromatic heterocycles. The van der Waals surface area contributed by atoms with Gasteiger partial charge in [0, 0.05) is 4.90 Å². The Balaban J connectivity index is 1.81. The number of primary amides is 1. The van der Waals surface area contributed by atoms with Gasteiger partial charge in [0.2, 0.25) is 5.91 Å². The molecular weight excluding hydrogens is 380 g/mol. The van der Waals surface area contributed by atoms with Gasteiger partial charge >= 0.3 is 5.97 Å². The lowest BCUT2D eigenvalue weighted by Gasteiger charge is -2.11. The van der Waals surface area contributed by atoms with Crippen LogP contribution in [0.1, 0.15) is 11.1 Å². The highest BCUT2D eigenvalue weighted by Crippen LogP contribution is 2.26. The van der Waals surface area contributed by atoms with E-state index >= 15 is 0 Å². The van der Waals surface area contributed by atoms with E-state index in [4.69, 9.17) is 15.2 Å². The van der Waals surface area contributed by atoms with Crippen molar-refractivity contribution in [3.63, 3.8) is 0 Å². The average Bonchev–Trinajstić information content (AvgIpc) is 2.66. The third-order valence-electron chi connectivity index (χ3n) is 3.58. The molecule has 148 valence electrons. The molecule has 3 N–H and O–H groups in total. The van der Waals surface area contributed by atoms with Gasteiger partial charge in [0.15, 0.2) is 13.2 Å². The smallest absolute Gasteiger partial charge is 0.344 e. The fraction of sp³-hybridized carbons (Fsp3) is 0.250. The number of esters is 1. The van der Waals surface area contributed by atoms with E-state index in [1.165, 1.54) is 11.8 Å². The molecule has 7 nitrogen and oxygen atoms in total. The predicted octanol–water partition coefficient (Wildman–Crippen LogP) is 2.44. The topological polar surface area (TPSA) is 108 Å². The van der Waals surface area contributed by atoms with Gasteiger partial charge in [-0.25, -0.2) is 4.79 Å². The molecule has 0 spiro atoms. The first-order valence-electron chi connectivity index (χ1n) is 8.51. The number of aryl methyl sites for hydroxylation is 2. The number of nitrogens with two attached hydrogens (primary N) is 1. The van der Waals surface area contributed by atoms with Crippen molar-refractivity contribution in [3.05, 3.63) is 53.6 Å². The van der Waals surface area contributed by atoms with Crippen LogP contribution in [0.5, 0.6) is 5.75 Å². The number of amides is 2. The minimum Gasteiger partial charge on any atom is -0.482 e. The van der Waals surface area contributed by atoms with Crippen LogP contribution in [0.25, 0.3) is 0 Å². The first-order chi connectivity index (χ1) is 13.3. The summed E-state index contributed by atoms with van der Waals surface area (Å²) < 4.78 is 10.4. The molecule has 2 aromatic rings. The van der Waals surface area contributed by atoms with Crippen LogP contribution in [-0.4, -0.2) is 36.8 Å². The molecule has 0 saturated carbocycles. The van der Waals surface area contributed by atoms with E-state index in [1.54, 1.807) is 24.3 Å². The summed E-state index contributed by atoms with van der Waals surface area (Å²) in [5.74, 6) is -0.900. The van der Waals surface area contributed by atoms with E-state index in [1.807, 2.05) is 32.0 Å². The zero-order valence-electron chi connectivity index (χ0n) is 15.7. The number of hydrogen-bond acceptors (Lipinski definition) is 6. The molecule has 0 radical (unpaired) electrons. The number of benzene rings is 2. The molecule has 28 heavy (non-hydrogen) atoms. The fourth-order valence-corrected chi connectivity index (χ4v) is 2.97. The third-order valence-corrected chi connectivity index (χ3v) is 4.68. The number of carbonyl (C=O) groups is 3. The Labute approximate surface area is 167 Å². The number of nitrogens with one attached hydrogen (secondary N) is 1. The van der Waals surface area contributed by atoms with Gasteiger partial charge in [0.25, 0.3) is 5.91 Å². The van der Waals surface area contributed by atoms with Crippen LogP contribution in [0.15, 0.2) is 47.4 Å². The summed E-state index contributed by atoms with van der Waals surface area (Å²) in [6, 6.07) is 12.6. The maximum atomic E-state index is 12.1. The van der Waals surface area contributed by atoms with Crippen molar-refractivity contribution >= 4 is 35.2 Å². The van der Waals surface area contributed by atoms with Gasteiger partial charge in [-0.3, -0.25) is 9.59 Å². The molecule has 0 aliphatic rings. The lowest BCUT2D eigenvalue weighted by Crippen LogP contribution is -2.24. The average molecular weight is 402 g/mol. The van der Waals surface area contributed by atoms with E-state index in [0.717, 1.165) is 11.1 Å². The predicted molar refractivity (Wildman–Crippen MR) is 107 cm³/mol. The quantitative estimate of drug-likeness (QED) is 0.493. The minimum absolute atomic E-state index is 0.0948. The normalized spacial score (nSPS) is 10.2. The second-order valence-corrected chi connectivity index (χ2v) is 7.03. The van der Waals surface area contributed by atoms with Crippen LogP contribution in [0.3, 0.4) is 0 Å². The van der Waals surface area contributed by atoms with Crippen LogP contribution in [0, 0.1) is 13.8 Å². The Morgan fingerprint density at radius 1 is 1.07 bits per heavy atom. The molecule has 0 aliphatic carbocycles. The zero-order valence-corrected chi connectivity index (χ0v) is 16.5. The van der Waals surface area contributed by atoms with Crippen molar-refractivity contribution in [2.24, 2.45) is 5.73 Å². The molecule has 0 atom stereocenters. The summed E-state index contributed by atoms with van der Waals surface area (Å²) in [7, 11) is 0. The number of carbonyl (C=O) groups excluding carboxylic acids is 3. The largest absolute Gasteiger partial charge is 0.482 e. The van der Waals surface area contributed by atoms with Gasteiger partial charge in [0.1, 0.15) is 5.75 Å². The van der Waals surface area contributed by atoms with Crippen molar-refractivity contribution in [2.45, 2.75) is 18.7 Å². The van der Waals surface area contributed by atoms with E-state index < -0.39 is 24.4 Å². The molecule has 2 aromatic carbocycles. The van der Waals surface area contributed by atoms with Gasteiger partial charge in [-0.05, 0) is 43.2 Å². The van der Waals surface area contributed by atoms with Crippen LogP contribution in [0.2, 0.25) is 0 Å². The minimum atomic E-state index is -0.646. The lowest BCUT2D eigenvalue weighted by atomic mass is 10.1. The SMILES string of the molecule is Cc1ccc(C)c(OCC(=O)OCC(=O)Nc2ccccc2SCC(N)=O)c1. The van der Waals surface area contributed by atoms with Crippen LogP contribution >= 0.6 is 11.8 Å². The van der Waals surface area contributed by atoms with Crippen molar-refractivity contribution in [2.75, 3.05) is 24.3 Å². The number of anilines is 1. The molecule has 0 saturated heterocycles. The van der Waals surface area contributed by atoms with Crippen LogP contribution in [-0.2, 0) is 19.1 Å². The van der Waals surface area contributed by atoms with E-state index in [-0.39, 0.29) is 12.4 Å². The van der Waals surface area contributed by atoms with Crippen LogP contribution in [0.4, 0.5) is 5.69 Å². The monoisotopic (exact) mass is 402 g/mol. The second-order valence-electron chi connectivity index (χ2n) is 6.02. The third kappa shape index (κ3) is 6.96. The van der Waals surface area contributed by atoms with Crippen molar-refractivity contribution in [1.82, 2.24) is 0 Å². The number of ether oxygens (including phenoxy) is 2. The van der Waals surface area contributed by atoms with Crippen molar-refractivity contribution < 1.29 is 23.9 Å². The van der Waals surface area contributed by atoms with E-state index in [2.05, 4.69) is 5.32 Å². The fourth-order valence-electron chi connectivity index (χ4n) is 2.22. The van der Waals surface area contributed by atoms with Gasteiger partial charge in [-0.15, -0.1) is 11.8 Å². The molecule has 0 aliphatic heterocycles. The summed E-state index contributed by atoms with van der Waals surface area (Å²) in [5, 5.41) is 2.65. The van der Waals surface area contributed by atoms with E-state index in [9.17, 15) is 14.4 Å². The van der Waals surface area contributed by atoms with E-state index in [0.29, 0.717) is 16.3 Å². The van der Waals surface area contributed by atoms with Crippen molar-refractivity contribution in [3.8, 4) is 5.75 Å². The lowest BCUT2D eigenvalue weighted by molar-refractivity contribution is -0.149. The van der Waals surface area contributed by atoms with Crippen molar-refractivity contribution in [1.29, 1.82) is 0 Å². The Morgan fingerprint density at radius 2 is 1.82 bits per heavy atom. The highest BCUT2D eigenvalue weighted by atomic mass is 32.2. The molecule has 0 bridgehead atoms. The summed E-state index contributed by atoms with van der Waals surface area (Å²) >= 11 is 1.21. The number of thioether (sulfide) groups is 1. The first kappa shape index (κ1) is 21.3. The highest BCUT2D eigenvalue weighted by molar-refractivity contribution is 8.00. The molecular formula is C20H22N2O5S. The van der Waals surface area contributed by atoms with Gasteiger partial charge < -0.3 is 20.5 Å². The first-order valence-corrected chi connectivity index (χ1v) is 9.49. The Morgan fingerprint density at radius 3 is 2.57 bits per heavy atom. The summed E-state index contributed by atoms with van der Waals surface area (Å²) in [4.78, 5) is 35.5. The molecule has 0 fully saturated rings. The molecule has 0 unspecified atom stereocenters. The van der Waals surface area contributed by atoms with Crippen LogP contribution < -0.4 is 15.8 Å². The summed E-state index contributed by atoms with van der Waals surface area (Å²) in [6.07, 6.45) is 0. The zero-order chi connectivity index (χ0) is 20.5. The second kappa shape index (κ2) is 10.4. The Hall–Kier alpha value is -3.00. The summed E-state index contributed by atoms with van der Waals surface area (Å²) in [6.45, 7) is 3.07. The molecule has 0 heterocycles. The van der Waals surface area contributed by atoms with Gasteiger partial charge in [-0.1, -0.05) is 24.3 Å². The molecule has 2 rings (SSSR count). The maximum absolute atomic E-state index is 12.1.